The van der Waals surface area contributed by atoms with Crippen molar-refractivity contribution in [1.82, 2.24) is 0 Å². The van der Waals surface area contributed by atoms with E-state index in [2.05, 4.69) is 15.9 Å². The van der Waals surface area contributed by atoms with Crippen molar-refractivity contribution in [2.24, 2.45) is 5.73 Å². The first-order chi connectivity index (χ1) is 9.13. The lowest BCUT2D eigenvalue weighted by atomic mass is 10.1. The average molecular weight is 319 g/mol. The summed E-state index contributed by atoms with van der Waals surface area (Å²) in [6.07, 6.45) is 0.478. The third-order valence-corrected chi connectivity index (χ3v) is 3.11. The van der Waals surface area contributed by atoms with Gasteiger partial charge in [-0.2, -0.15) is 0 Å². The van der Waals surface area contributed by atoms with E-state index in [0.717, 1.165) is 21.3 Å². The first kappa shape index (κ1) is 13.6. The molecule has 0 spiro atoms. The molecule has 0 aromatic heterocycles. The van der Waals surface area contributed by atoms with Crippen LogP contribution < -0.4 is 10.5 Å². The van der Waals surface area contributed by atoms with Gasteiger partial charge in [-0.1, -0.05) is 40.2 Å². The highest BCUT2D eigenvalue weighted by atomic mass is 79.9. The van der Waals surface area contributed by atoms with Gasteiger partial charge in [-0.15, -0.1) is 0 Å². The molecule has 4 heteroatoms. The van der Waals surface area contributed by atoms with Crippen molar-refractivity contribution in [3.63, 3.8) is 0 Å². The summed E-state index contributed by atoms with van der Waals surface area (Å²) in [5.74, 6) is 0.982. The zero-order valence-corrected chi connectivity index (χ0v) is 12.0. The van der Waals surface area contributed by atoms with Crippen LogP contribution in [-0.4, -0.2) is 5.84 Å². The second-order valence-electron chi connectivity index (χ2n) is 4.26. The average Bonchev–Trinajstić information content (AvgIpc) is 2.37. The summed E-state index contributed by atoms with van der Waals surface area (Å²) in [7, 11) is 0. The molecule has 98 valence electrons. The quantitative estimate of drug-likeness (QED) is 0.654. The van der Waals surface area contributed by atoms with Crippen LogP contribution in [0.25, 0.3) is 0 Å². The fourth-order valence-electron chi connectivity index (χ4n) is 1.72. The van der Waals surface area contributed by atoms with Crippen molar-refractivity contribution in [1.29, 1.82) is 5.41 Å². The Morgan fingerprint density at radius 1 is 1.11 bits per heavy atom. The van der Waals surface area contributed by atoms with Crippen LogP contribution in [0, 0.1) is 5.41 Å². The van der Waals surface area contributed by atoms with Crippen LogP contribution in [0.5, 0.6) is 5.75 Å². The van der Waals surface area contributed by atoms with E-state index in [9.17, 15) is 0 Å². The van der Waals surface area contributed by atoms with Crippen LogP contribution in [-0.2, 0) is 13.0 Å². The monoisotopic (exact) mass is 318 g/mol. The van der Waals surface area contributed by atoms with Gasteiger partial charge >= 0.3 is 0 Å². The van der Waals surface area contributed by atoms with Gasteiger partial charge in [0.25, 0.3) is 0 Å². The van der Waals surface area contributed by atoms with Crippen LogP contribution >= 0.6 is 15.9 Å². The molecule has 19 heavy (non-hydrogen) atoms. The first-order valence-electron chi connectivity index (χ1n) is 5.92. The fraction of sp³-hybridized carbons (Fsp3) is 0.133. The number of hydrogen-bond acceptors (Lipinski definition) is 2. The minimum atomic E-state index is 0.169. The van der Waals surface area contributed by atoms with Gasteiger partial charge in [0.2, 0.25) is 0 Å². The Morgan fingerprint density at radius 3 is 2.47 bits per heavy atom. The lowest BCUT2D eigenvalue weighted by Gasteiger charge is -2.07. The maximum absolute atomic E-state index is 7.24. The molecule has 0 aliphatic carbocycles. The van der Waals surface area contributed by atoms with Gasteiger partial charge < -0.3 is 10.5 Å². The van der Waals surface area contributed by atoms with Crippen molar-refractivity contribution in [2.75, 3.05) is 0 Å². The van der Waals surface area contributed by atoms with Crippen LogP contribution in [0.3, 0.4) is 0 Å². The zero-order chi connectivity index (χ0) is 13.7. The molecule has 0 heterocycles. The van der Waals surface area contributed by atoms with Crippen LogP contribution in [0.15, 0.2) is 53.0 Å². The van der Waals surface area contributed by atoms with Crippen molar-refractivity contribution < 1.29 is 4.74 Å². The molecule has 0 bridgehead atoms. The lowest BCUT2D eigenvalue weighted by molar-refractivity contribution is 0.306. The van der Waals surface area contributed by atoms with Gasteiger partial charge in [-0.05, 0) is 35.4 Å². The summed E-state index contributed by atoms with van der Waals surface area (Å²) < 4.78 is 6.75. The van der Waals surface area contributed by atoms with Gasteiger partial charge in [0, 0.05) is 10.9 Å². The highest BCUT2D eigenvalue weighted by Crippen LogP contribution is 2.16. The summed E-state index contributed by atoms with van der Waals surface area (Å²) in [5.41, 5.74) is 7.49. The zero-order valence-electron chi connectivity index (χ0n) is 10.4. The van der Waals surface area contributed by atoms with Gasteiger partial charge in [-0.3, -0.25) is 5.41 Å². The highest BCUT2D eigenvalue weighted by molar-refractivity contribution is 9.10. The largest absolute Gasteiger partial charge is 0.489 e. The summed E-state index contributed by atoms with van der Waals surface area (Å²) in [4.78, 5) is 0. The molecule has 3 N–H and O–H groups in total. The highest BCUT2D eigenvalue weighted by Gasteiger charge is 1.99. The molecule has 2 aromatic carbocycles. The number of amidine groups is 1. The van der Waals surface area contributed by atoms with E-state index in [1.54, 1.807) is 0 Å². The summed E-state index contributed by atoms with van der Waals surface area (Å²) in [6, 6.07) is 15.7. The number of hydrogen-bond donors (Lipinski definition) is 2. The molecule has 0 saturated carbocycles. The maximum Gasteiger partial charge on any atom is 0.119 e. The summed E-state index contributed by atoms with van der Waals surface area (Å²) >= 11 is 3.43. The molecular formula is C15H15BrN2O. The van der Waals surface area contributed by atoms with Crippen molar-refractivity contribution >= 4 is 21.8 Å². The Hall–Kier alpha value is -1.81. The molecular weight excluding hydrogens is 304 g/mol. The van der Waals surface area contributed by atoms with E-state index >= 15 is 0 Å². The predicted molar refractivity (Wildman–Crippen MR) is 80.5 cm³/mol. The van der Waals surface area contributed by atoms with Crippen molar-refractivity contribution in [2.45, 2.75) is 13.0 Å². The number of halogens is 1. The molecule has 0 aliphatic rings. The Morgan fingerprint density at radius 2 is 1.84 bits per heavy atom. The second kappa shape index (κ2) is 6.38. The topological polar surface area (TPSA) is 59.1 Å². The molecule has 0 amide bonds. The minimum absolute atomic E-state index is 0.169. The third kappa shape index (κ3) is 4.41. The van der Waals surface area contributed by atoms with Gasteiger partial charge in [0.15, 0.2) is 0 Å². The molecule has 3 nitrogen and oxygen atoms in total. The first-order valence-corrected chi connectivity index (χ1v) is 6.72. The molecule has 0 aliphatic heterocycles. The molecule has 0 atom stereocenters. The summed E-state index contributed by atoms with van der Waals surface area (Å²) in [6.45, 7) is 0.533. The van der Waals surface area contributed by atoms with Gasteiger partial charge in [0.05, 0.1) is 5.84 Å². The maximum atomic E-state index is 7.24. The minimum Gasteiger partial charge on any atom is -0.489 e. The van der Waals surface area contributed by atoms with E-state index in [1.807, 2.05) is 48.5 Å². The predicted octanol–water partition coefficient (Wildman–Crippen LogP) is 3.51. The number of ether oxygens (including phenoxy) is 1. The van der Waals surface area contributed by atoms with E-state index < -0.39 is 0 Å². The van der Waals surface area contributed by atoms with Crippen LogP contribution in [0.1, 0.15) is 11.1 Å². The second-order valence-corrected chi connectivity index (χ2v) is 5.18. The van der Waals surface area contributed by atoms with Crippen molar-refractivity contribution in [3.05, 3.63) is 64.1 Å². The molecule has 0 radical (unpaired) electrons. The van der Waals surface area contributed by atoms with E-state index in [1.165, 1.54) is 0 Å². The smallest absolute Gasteiger partial charge is 0.119 e. The lowest BCUT2D eigenvalue weighted by Crippen LogP contribution is -2.12. The molecule has 2 rings (SSSR count). The molecule has 0 fully saturated rings. The fourth-order valence-corrected chi connectivity index (χ4v) is 2.16. The van der Waals surface area contributed by atoms with Crippen LogP contribution in [0.4, 0.5) is 0 Å². The van der Waals surface area contributed by atoms with E-state index in [-0.39, 0.29) is 5.84 Å². The van der Waals surface area contributed by atoms with Gasteiger partial charge in [0.1, 0.15) is 12.4 Å². The Balaban J connectivity index is 1.94. The molecule has 2 aromatic rings. The van der Waals surface area contributed by atoms with E-state index in [4.69, 9.17) is 15.9 Å². The van der Waals surface area contributed by atoms with E-state index in [0.29, 0.717) is 13.0 Å². The normalized spacial score (nSPS) is 10.2. The number of nitrogens with one attached hydrogen (secondary N) is 1. The Kier molecular flexibility index (Phi) is 4.58. The van der Waals surface area contributed by atoms with Crippen LogP contribution in [0.2, 0.25) is 0 Å². The standard InChI is InChI=1S/C15H15BrN2O/c16-13-3-1-2-12(8-13)10-19-14-6-4-11(5-7-14)9-15(17)18/h1-8H,9-10H2,(H3,17,18). The van der Waals surface area contributed by atoms with Crippen molar-refractivity contribution in [3.8, 4) is 5.75 Å². The summed E-state index contributed by atoms with van der Waals surface area (Å²) in [5, 5.41) is 7.24. The SMILES string of the molecule is N=C(N)Cc1ccc(OCc2cccc(Br)c2)cc1. The Bertz CT molecular complexity index is 567. The number of benzene rings is 2. The molecule has 0 unspecified atom stereocenters. The molecule has 0 saturated heterocycles. The van der Waals surface area contributed by atoms with Gasteiger partial charge in [-0.25, -0.2) is 0 Å². The number of rotatable bonds is 5. The third-order valence-electron chi connectivity index (χ3n) is 2.61. The Labute approximate surface area is 121 Å². The number of nitrogens with two attached hydrogens (primary N) is 1.